The first kappa shape index (κ1) is 28.2. The molecule has 0 amide bonds. The molecule has 182 valence electrons. The molecule has 1 aliphatic carbocycles. The Balaban J connectivity index is 2.38. The van der Waals surface area contributed by atoms with Crippen LogP contribution in [0.4, 0.5) is 0 Å². The van der Waals surface area contributed by atoms with Gasteiger partial charge in [0.1, 0.15) is 0 Å². The molecule has 1 rings (SSSR count). The summed E-state index contributed by atoms with van der Waals surface area (Å²) in [6.45, 7) is 8.91. The molecule has 1 aliphatic rings. The van der Waals surface area contributed by atoms with Gasteiger partial charge in [0.2, 0.25) is 0 Å². The lowest BCUT2D eigenvalue weighted by Crippen LogP contribution is -2.18. The van der Waals surface area contributed by atoms with Crippen molar-refractivity contribution in [3.8, 4) is 0 Å². The summed E-state index contributed by atoms with van der Waals surface area (Å²) in [4.78, 5) is 12.2. The molecule has 0 aromatic heterocycles. The topological polar surface area (TPSA) is 66.8 Å². The van der Waals surface area contributed by atoms with Crippen molar-refractivity contribution in [3.05, 3.63) is 11.6 Å². The Morgan fingerprint density at radius 1 is 1.06 bits per heavy atom. The van der Waals surface area contributed by atoms with Gasteiger partial charge in [0.05, 0.1) is 24.7 Å². The van der Waals surface area contributed by atoms with Gasteiger partial charge in [0.25, 0.3) is 0 Å². The average molecular weight is 439 g/mol. The summed E-state index contributed by atoms with van der Waals surface area (Å²) < 4.78 is 5.28. The van der Waals surface area contributed by atoms with Crippen LogP contribution in [0.5, 0.6) is 0 Å². The molecule has 1 fully saturated rings. The van der Waals surface area contributed by atoms with E-state index in [1.165, 1.54) is 18.4 Å². The third kappa shape index (κ3) is 12.1. The van der Waals surface area contributed by atoms with Crippen molar-refractivity contribution in [3.63, 3.8) is 0 Å². The minimum absolute atomic E-state index is 0.0305. The number of ether oxygens (including phenoxy) is 1. The lowest BCUT2D eigenvalue weighted by Gasteiger charge is -2.18. The van der Waals surface area contributed by atoms with Crippen molar-refractivity contribution < 1.29 is 19.7 Å². The molecule has 4 nitrogen and oxygen atoms in total. The molecule has 0 bridgehead atoms. The molecule has 4 atom stereocenters. The van der Waals surface area contributed by atoms with Crippen molar-refractivity contribution in [1.29, 1.82) is 0 Å². The minimum atomic E-state index is -0.247. The van der Waals surface area contributed by atoms with Gasteiger partial charge >= 0.3 is 5.97 Å². The molecular formula is C27H50O4. The maximum atomic E-state index is 12.2. The van der Waals surface area contributed by atoms with Crippen LogP contribution in [0, 0.1) is 17.8 Å². The quantitative estimate of drug-likeness (QED) is 0.153. The molecule has 0 aromatic rings. The van der Waals surface area contributed by atoms with Crippen LogP contribution in [0.1, 0.15) is 118 Å². The van der Waals surface area contributed by atoms with E-state index in [1.807, 2.05) is 6.92 Å². The van der Waals surface area contributed by atoms with E-state index in [0.717, 1.165) is 77.0 Å². The summed E-state index contributed by atoms with van der Waals surface area (Å²) in [5.41, 5.74) is 1.35. The van der Waals surface area contributed by atoms with E-state index in [-0.39, 0.29) is 30.0 Å². The fraction of sp³-hybridized carbons (Fsp3) is 0.889. The second-order valence-corrected chi connectivity index (χ2v) is 9.94. The molecule has 0 radical (unpaired) electrons. The maximum absolute atomic E-state index is 12.2. The third-order valence-electron chi connectivity index (χ3n) is 6.74. The highest BCUT2D eigenvalue weighted by molar-refractivity contribution is 5.72. The zero-order valence-electron chi connectivity index (χ0n) is 20.8. The van der Waals surface area contributed by atoms with Crippen molar-refractivity contribution in [2.45, 2.75) is 130 Å². The number of aliphatic hydroxyl groups excluding tert-OH is 2. The van der Waals surface area contributed by atoms with E-state index in [4.69, 9.17) is 4.74 Å². The number of rotatable bonds is 17. The van der Waals surface area contributed by atoms with Gasteiger partial charge in [-0.05, 0) is 57.8 Å². The van der Waals surface area contributed by atoms with Gasteiger partial charge in [0.15, 0.2) is 0 Å². The highest BCUT2D eigenvalue weighted by atomic mass is 16.5. The first-order valence-electron chi connectivity index (χ1n) is 13.1. The number of hydrogen-bond donors (Lipinski definition) is 2. The first-order chi connectivity index (χ1) is 14.9. The van der Waals surface area contributed by atoms with E-state index < -0.39 is 0 Å². The van der Waals surface area contributed by atoms with Gasteiger partial charge < -0.3 is 14.9 Å². The van der Waals surface area contributed by atoms with Crippen LogP contribution in [-0.2, 0) is 9.53 Å². The predicted octanol–water partition coefficient (Wildman–Crippen LogP) is 6.58. The summed E-state index contributed by atoms with van der Waals surface area (Å²) in [6.07, 6.45) is 15.7. The Morgan fingerprint density at radius 2 is 1.81 bits per heavy atom. The number of esters is 1. The van der Waals surface area contributed by atoms with Gasteiger partial charge in [0, 0.05) is 5.92 Å². The van der Waals surface area contributed by atoms with Crippen LogP contribution in [0.25, 0.3) is 0 Å². The normalized spacial score (nSPS) is 22.2. The molecular weight excluding hydrogens is 388 g/mol. The molecule has 2 N–H and O–H groups in total. The summed E-state index contributed by atoms with van der Waals surface area (Å²) in [5.74, 6) is 0.863. The van der Waals surface area contributed by atoms with Gasteiger partial charge in [-0.1, -0.05) is 77.4 Å². The first-order valence-corrected chi connectivity index (χ1v) is 13.1. The zero-order chi connectivity index (χ0) is 23.1. The SMILES string of the molecule is CCCCCC(O)CC=C1CC[C@@H](O)[C@@H]1CCCCCC(CCC(C)C)C(=O)OCC. The molecule has 1 saturated carbocycles. The Bertz CT molecular complexity index is 499. The van der Waals surface area contributed by atoms with Crippen molar-refractivity contribution in [1.82, 2.24) is 0 Å². The van der Waals surface area contributed by atoms with Crippen molar-refractivity contribution in [2.24, 2.45) is 17.8 Å². The molecule has 31 heavy (non-hydrogen) atoms. The molecule has 0 aliphatic heterocycles. The molecule has 0 aromatic carbocycles. The fourth-order valence-electron chi connectivity index (χ4n) is 4.72. The van der Waals surface area contributed by atoms with Crippen LogP contribution in [0.15, 0.2) is 11.6 Å². The second-order valence-electron chi connectivity index (χ2n) is 9.94. The van der Waals surface area contributed by atoms with Crippen LogP contribution in [0.3, 0.4) is 0 Å². The molecule has 0 spiro atoms. The third-order valence-corrected chi connectivity index (χ3v) is 6.74. The summed E-state index contributed by atoms with van der Waals surface area (Å²) >= 11 is 0. The number of unbranched alkanes of at least 4 members (excludes halogenated alkanes) is 4. The lowest BCUT2D eigenvalue weighted by molar-refractivity contribution is -0.148. The van der Waals surface area contributed by atoms with Crippen LogP contribution >= 0.6 is 0 Å². The summed E-state index contributed by atoms with van der Waals surface area (Å²) in [5, 5.41) is 20.6. The molecule has 2 unspecified atom stereocenters. The zero-order valence-corrected chi connectivity index (χ0v) is 20.8. The average Bonchev–Trinajstić information content (AvgIpc) is 3.08. The van der Waals surface area contributed by atoms with Crippen LogP contribution in [-0.4, -0.2) is 35.0 Å². The number of hydrogen-bond acceptors (Lipinski definition) is 4. The monoisotopic (exact) mass is 438 g/mol. The molecule has 4 heteroatoms. The Hall–Kier alpha value is -0.870. The van der Waals surface area contributed by atoms with Gasteiger partial charge in [-0.15, -0.1) is 0 Å². The number of carbonyl (C=O) groups is 1. The van der Waals surface area contributed by atoms with E-state index in [9.17, 15) is 15.0 Å². The highest BCUT2D eigenvalue weighted by Gasteiger charge is 2.29. The summed E-state index contributed by atoms with van der Waals surface area (Å²) in [7, 11) is 0. The van der Waals surface area contributed by atoms with Gasteiger partial charge in [-0.3, -0.25) is 4.79 Å². The Labute approximate surface area is 191 Å². The molecule has 0 heterocycles. The van der Waals surface area contributed by atoms with Gasteiger partial charge in [-0.25, -0.2) is 0 Å². The van der Waals surface area contributed by atoms with Crippen molar-refractivity contribution in [2.75, 3.05) is 6.61 Å². The van der Waals surface area contributed by atoms with E-state index in [1.54, 1.807) is 0 Å². The number of carbonyl (C=O) groups excluding carboxylic acids is 1. The Kier molecular flexibility index (Phi) is 15.2. The minimum Gasteiger partial charge on any atom is -0.466 e. The maximum Gasteiger partial charge on any atom is 0.308 e. The number of aliphatic hydroxyl groups is 2. The van der Waals surface area contributed by atoms with Crippen LogP contribution in [0.2, 0.25) is 0 Å². The van der Waals surface area contributed by atoms with Crippen molar-refractivity contribution >= 4 is 5.97 Å². The molecule has 0 saturated heterocycles. The second kappa shape index (κ2) is 16.7. The van der Waals surface area contributed by atoms with E-state index >= 15 is 0 Å². The van der Waals surface area contributed by atoms with E-state index in [0.29, 0.717) is 12.5 Å². The van der Waals surface area contributed by atoms with E-state index in [2.05, 4.69) is 26.8 Å². The smallest absolute Gasteiger partial charge is 0.308 e. The Morgan fingerprint density at radius 3 is 2.48 bits per heavy atom. The summed E-state index contributed by atoms with van der Waals surface area (Å²) in [6, 6.07) is 0. The standard InChI is InChI=1S/C27H50O4/c1-5-7-9-13-24(28)19-17-22-18-20-26(29)25(22)14-11-8-10-12-23(16-15-21(3)4)27(30)31-6-2/h17,21,23-26,28-29H,5-16,18-20H2,1-4H3/t23?,24?,25-,26-/m1/s1. The predicted molar refractivity (Wildman–Crippen MR) is 129 cm³/mol. The highest BCUT2D eigenvalue weighted by Crippen LogP contribution is 2.36. The fourth-order valence-corrected chi connectivity index (χ4v) is 4.72. The van der Waals surface area contributed by atoms with Crippen LogP contribution < -0.4 is 0 Å². The largest absolute Gasteiger partial charge is 0.466 e. The van der Waals surface area contributed by atoms with Gasteiger partial charge in [-0.2, -0.15) is 0 Å². The lowest BCUT2D eigenvalue weighted by atomic mass is 9.90.